The van der Waals surface area contributed by atoms with Gasteiger partial charge in [0.15, 0.2) is 5.89 Å². The second-order valence-corrected chi connectivity index (χ2v) is 4.46. The lowest BCUT2D eigenvalue weighted by Crippen LogP contribution is -2.22. The van der Waals surface area contributed by atoms with E-state index in [1.54, 1.807) is 19.1 Å². The van der Waals surface area contributed by atoms with E-state index >= 15 is 0 Å². The van der Waals surface area contributed by atoms with Gasteiger partial charge in [-0.2, -0.15) is 0 Å². The quantitative estimate of drug-likeness (QED) is 0.947. The third kappa shape index (κ3) is 3.17. The van der Waals surface area contributed by atoms with E-state index in [0.29, 0.717) is 23.7 Å². The standard InChI is InChI=1S/C12H11BrN2O2/c1-8-15-11(7-17-8)6-14-12(16)9-2-4-10(13)5-3-9/h2-5,7H,6H2,1H3,(H,14,16). The first-order chi connectivity index (χ1) is 8.15. The second kappa shape index (κ2) is 5.14. The van der Waals surface area contributed by atoms with Crippen molar-refractivity contribution < 1.29 is 9.21 Å². The Morgan fingerprint density at radius 3 is 2.71 bits per heavy atom. The Morgan fingerprint density at radius 1 is 1.41 bits per heavy atom. The van der Waals surface area contributed by atoms with E-state index in [9.17, 15) is 4.79 Å². The number of carbonyl (C=O) groups excluding carboxylic acids is 1. The van der Waals surface area contributed by atoms with Crippen LogP contribution in [0.4, 0.5) is 0 Å². The molecule has 1 N–H and O–H groups in total. The van der Waals surface area contributed by atoms with E-state index in [2.05, 4.69) is 26.2 Å². The van der Waals surface area contributed by atoms with Crippen LogP contribution in [0.2, 0.25) is 0 Å². The van der Waals surface area contributed by atoms with Crippen LogP contribution in [0, 0.1) is 6.92 Å². The maximum Gasteiger partial charge on any atom is 0.251 e. The summed E-state index contributed by atoms with van der Waals surface area (Å²) in [5.41, 5.74) is 1.33. The van der Waals surface area contributed by atoms with Crippen LogP contribution in [-0.2, 0) is 6.54 Å². The molecule has 0 aliphatic heterocycles. The van der Waals surface area contributed by atoms with E-state index in [-0.39, 0.29) is 5.91 Å². The van der Waals surface area contributed by atoms with Crippen molar-refractivity contribution in [2.45, 2.75) is 13.5 Å². The van der Waals surface area contributed by atoms with Gasteiger partial charge >= 0.3 is 0 Å². The normalized spacial score (nSPS) is 10.2. The molecule has 88 valence electrons. The fraction of sp³-hybridized carbons (Fsp3) is 0.167. The van der Waals surface area contributed by atoms with Crippen LogP contribution in [0.25, 0.3) is 0 Å². The van der Waals surface area contributed by atoms with Crippen LogP contribution in [0.15, 0.2) is 39.4 Å². The fourth-order valence-corrected chi connectivity index (χ4v) is 1.63. The zero-order valence-corrected chi connectivity index (χ0v) is 10.8. The molecule has 0 aliphatic rings. The van der Waals surface area contributed by atoms with Crippen molar-refractivity contribution in [1.82, 2.24) is 10.3 Å². The highest BCUT2D eigenvalue weighted by Gasteiger charge is 2.06. The minimum atomic E-state index is -0.127. The highest BCUT2D eigenvalue weighted by atomic mass is 79.9. The molecule has 1 aromatic carbocycles. The molecule has 0 spiro atoms. The maximum atomic E-state index is 11.8. The van der Waals surface area contributed by atoms with E-state index in [1.165, 1.54) is 6.26 Å². The molecule has 2 aromatic rings. The highest BCUT2D eigenvalue weighted by molar-refractivity contribution is 9.10. The molecule has 0 saturated carbocycles. The van der Waals surface area contributed by atoms with Crippen molar-refractivity contribution >= 4 is 21.8 Å². The van der Waals surface area contributed by atoms with Crippen LogP contribution >= 0.6 is 15.9 Å². The van der Waals surface area contributed by atoms with Gasteiger partial charge in [-0.15, -0.1) is 0 Å². The summed E-state index contributed by atoms with van der Waals surface area (Å²) in [6, 6.07) is 7.17. The molecule has 0 aliphatic carbocycles. The highest BCUT2D eigenvalue weighted by Crippen LogP contribution is 2.10. The predicted octanol–water partition coefficient (Wildman–Crippen LogP) is 2.68. The first kappa shape index (κ1) is 11.9. The number of halogens is 1. The minimum Gasteiger partial charge on any atom is -0.449 e. The molecule has 1 heterocycles. The summed E-state index contributed by atoms with van der Waals surface area (Å²) in [5.74, 6) is 0.469. The monoisotopic (exact) mass is 294 g/mol. The van der Waals surface area contributed by atoms with Gasteiger partial charge in [0, 0.05) is 17.0 Å². The molecule has 17 heavy (non-hydrogen) atoms. The van der Waals surface area contributed by atoms with Gasteiger partial charge in [-0.05, 0) is 24.3 Å². The summed E-state index contributed by atoms with van der Waals surface area (Å²) in [5, 5.41) is 2.77. The molecule has 0 saturated heterocycles. The van der Waals surface area contributed by atoms with Gasteiger partial charge < -0.3 is 9.73 Å². The van der Waals surface area contributed by atoms with Crippen LogP contribution < -0.4 is 5.32 Å². The van der Waals surface area contributed by atoms with Crippen LogP contribution in [0.5, 0.6) is 0 Å². The number of hydrogen-bond donors (Lipinski definition) is 1. The molecule has 0 fully saturated rings. The van der Waals surface area contributed by atoms with E-state index < -0.39 is 0 Å². The molecule has 0 radical (unpaired) electrons. The molecule has 0 atom stereocenters. The number of nitrogens with zero attached hydrogens (tertiary/aromatic N) is 1. The number of amides is 1. The van der Waals surface area contributed by atoms with Crippen molar-refractivity contribution in [3.05, 3.63) is 52.1 Å². The third-order valence-corrected chi connectivity index (χ3v) is 2.73. The van der Waals surface area contributed by atoms with Crippen LogP contribution in [-0.4, -0.2) is 10.9 Å². The van der Waals surface area contributed by atoms with Gasteiger partial charge in [0.05, 0.1) is 12.2 Å². The summed E-state index contributed by atoms with van der Waals surface area (Å²) in [6.07, 6.45) is 1.54. The SMILES string of the molecule is Cc1nc(CNC(=O)c2ccc(Br)cc2)co1. The molecule has 5 heteroatoms. The Kier molecular flexibility index (Phi) is 3.58. The van der Waals surface area contributed by atoms with Crippen molar-refractivity contribution in [3.8, 4) is 0 Å². The van der Waals surface area contributed by atoms with Gasteiger partial charge in [0.25, 0.3) is 5.91 Å². The molecule has 0 unspecified atom stereocenters. The molecule has 4 nitrogen and oxygen atoms in total. The van der Waals surface area contributed by atoms with Crippen molar-refractivity contribution in [1.29, 1.82) is 0 Å². The van der Waals surface area contributed by atoms with Gasteiger partial charge in [-0.1, -0.05) is 15.9 Å². The van der Waals surface area contributed by atoms with Crippen LogP contribution in [0.1, 0.15) is 21.9 Å². The van der Waals surface area contributed by atoms with Gasteiger partial charge in [0.2, 0.25) is 0 Å². The smallest absolute Gasteiger partial charge is 0.251 e. The Bertz CT molecular complexity index is 520. The number of aryl methyl sites for hydroxylation is 1. The first-order valence-corrected chi connectivity index (χ1v) is 5.89. The van der Waals surface area contributed by atoms with E-state index in [0.717, 1.165) is 4.47 Å². The average Bonchev–Trinajstić information content (AvgIpc) is 2.73. The molecular formula is C12H11BrN2O2. The van der Waals surface area contributed by atoms with Gasteiger partial charge in [-0.3, -0.25) is 4.79 Å². The summed E-state index contributed by atoms with van der Waals surface area (Å²) >= 11 is 3.32. The average molecular weight is 295 g/mol. The molecular weight excluding hydrogens is 284 g/mol. The van der Waals surface area contributed by atoms with E-state index in [1.807, 2.05) is 12.1 Å². The predicted molar refractivity (Wildman–Crippen MR) is 66.6 cm³/mol. The van der Waals surface area contributed by atoms with Gasteiger partial charge in [0.1, 0.15) is 6.26 Å². The second-order valence-electron chi connectivity index (χ2n) is 3.55. The third-order valence-electron chi connectivity index (χ3n) is 2.20. The number of nitrogens with one attached hydrogen (secondary N) is 1. The Hall–Kier alpha value is -1.62. The zero-order chi connectivity index (χ0) is 12.3. The summed E-state index contributed by atoms with van der Waals surface area (Å²) in [7, 11) is 0. The summed E-state index contributed by atoms with van der Waals surface area (Å²) in [4.78, 5) is 15.9. The lowest BCUT2D eigenvalue weighted by atomic mass is 10.2. The van der Waals surface area contributed by atoms with Crippen molar-refractivity contribution in [2.24, 2.45) is 0 Å². The minimum absolute atomic E-state index is 0.127. The number of oxazole rings is 1. The maximum absolute atomic E-state index is 11.8. The number of benzene rings is 1. The largest absolute Gasteiger partial charge is 0.449 e. The summed E-state index contributed by atoms with van der Waals surface area (Å²) < 4.78 is 6.00. The lowest BCUT2D eigenvalue weighted by molar-refractivity contribution is 0.0950. The Labute approximate surface area is 107 Å². The number of carbonyl (C=O) groups is 1. The zero-order valence-electron chi connectivity index (χ0n) is 9.24. The van der Waals surface area contributed by atoms with Gasteiger partial charge in [-0.25, -0.2) is 4.98 Å². The van der Waals surface area contributed by atoms with E-state index in [4.69, 9.17) is 4.42 Å². The number of aromatic nitrogens is 1. The Balaban J connectivity index is 1.95. The van der Waals surface area contributed by atoms with Crippen molar-refractivity contribution in [3.63, 3.8) is 0 Å². The number of rotatable bonds is 3. The molecule has 0 bridgehead atoms. The fourth-order valence-electron chi connectivity index (χ4n) is 1.36. The summed E-state index contributed by atoms with van der Waals surface area (Å²) in [6.45, 7) is 2.13. The molecule has 1 amide bonds. The van der Waals surface area contributed by atoms with Crippen molar-refractivity contribution in [2.75, 3.05) is 0 Å². The number of hydrogen-bond acceptors (Lipinski definition) is 3. The Morgan fingerprint density at radius 2 is 2.12 bits per heavy atom. The van der Waals surface area contributed by atoms with Crippen LogP contribution in [0.3, 0.4) is 0 Å². The topological polar surface area (TPSA) is 55.1 Å². The molecule has 2 rings (SSSR count). The molecule has 1 aromatic heterocycles. The lowest BCUT2D eigenvalue weighted by Gasteiger charge is -2.02. The first-order valence-electron chi connectivity index (χ1n) is 5.10.